The van der Waals surface area contributed by atoms with Gasteiger partial charge in [0, 0.05) is 6.54 Å². The van der Waals surface area contributed by atoms with Crippen LogP contribution in [0.15, 0.2) is 0 Å². The number of nitrogens with zero attached hydrogens (tertiary/aromatic N) is 1. The lowest BCUT2D eigenvalue weighted by Gasteiger charge is -2.24. The van der Waals surface area contributed by atoms with Crippen molar-refractivity contribution >= 4 is 18.0 Å². The number of carbonyl (C=O) groups is 3. The molecule has 2 atom stereocenters. The summed E-state index contributed by atoms with van der Waals surface area (Å²) in [5.74, 6) is -1.95. The number of esters is 1. The van der Waals surface area contributed by atoms with E-state index in [0.29, 0.717) is 6.42 Å². The first kappa shape index (κ1) is 17.2. The fourth-order valence-electron chi connectivity index (χ4n) is 1.36. The molecule has 0 saturated carbocycles. The van der Waals surface area contributed by atoms with Gasteiger partial charge in [0.2, 0.25) is 0 Å². The maximum Gasteiger partial charge on any atom is 0.328 e. The van der Waals surface area contributed by atoms with Gasteiger partial charge in [0.15, 0.2) is 6.04 Å². The number of carboxylic acids is 1. The van der Waals surface area contributed by atoms with E-state index in [9.17, 15) is 19.5 Å². The molecule has 0 rings (SSSR count). The normalized spacial score (nSPS) is 13.3. The van der Waals surface area contributed by atoms with Crippen molar-refractivity contribution in [3.8, 4) is 0 Å². The topological polar surface area (TPSA) is 116 Å². The molecule has 0 radical (unpaired) electrons. The number of ether oxygens (including phenoxy) is 1. The zero-order valence-corrected chi connectivity index (χ0v) is 11.3. The van der Waals surface area contributed by atoms with Crippen LogP contribution in [0.5, 0.6) is 0 Å². The molecule has 0 aromatic heterocycles. The summed E-state index contributed by atoms with van der Waals surface area (Å²) in [5.41, 5.74) is 0. The average molecular weight is 276 g/mol. The average Bonchev–Trinajstić information content (AvgIpc) is 2.33. The summed E-state index contributed by atoms with van der Waals surface area (Å²) in [5, 5.41) is 20.3. The van der Waals surface area contributed by atoms with E-state index in [1.807, 2.05) is 0 Å². The summed E-state index contributed by atoms with van der Waals surface area (Å²) in [7, 11) is 1.19. The zero-order chi connectivity index (χ0) is 15.0. The van der Waals surface area contributed by atoms with Crippen molar-refractivity contribution in [3.63, 3.8) is 0 Å². The van der Waals surface area contributed by atoms with Crippen LogP contribution in [0, 0.1) is 0 Å². The maximum absolute atomic E-state index is 11.8. The summed E-state index contributed by atoms with van der Waals surface area (Å²) in [6, 6.07) is -2.16. The molecule has 0 spiro atoms. The van der Waals surface area contributed by atoms with E-state index in [0.717, 1.165) is 4.90 Å². The second-order valence-corrected chi connectivity index (χ2v) is 4.00. The Morgan fingerprint density at radius 3 is 2.32 bits per heavy atom. The Morgan fingerprint density at radius 1 is 1.37 bits per heavy atom. The second kappa shape index (κ2) is 8.30. The van der Waals surface area contributed by atoms with Crippen LogP contribution in [0.25, 0.3) is 0 Å². The number of urea groups is 1. The first-order valence-corrected chi connectivity index (χ1v) is 5.86. The van der Waals surface area contributed by atoms with Crippen molar-refractivity contribution in [3.05, 3.63) is 0 Å². The van der Waals surface area contributed by atoms with Crippen molar-refractivity contribution in [2.45, 2.75) is 32.4 Å². The predicted octanol–water partition coefficient (Wildman–Crippen LogP) is -0.585. The lowest BCUT2D eigenvalue weighted by atomic mass is 10.2. The second-order valence-electron chi connectivity index (χ2n) is 4.00. The van der Waals surface area contributed by atoms with Gasteiger partial charge in [-0.25, -0.2) is 9.59 Å². The van der Waals surface area contributed by atoms with Gasteiger partial charge in [0.25, 0.3) is 0 Å². The third-order valence-electron chi connectivity index (χ3n) is 2.36. The van der Waals surface area contributed by atoms with Crippen LogP contribution in [-0.2, 0) is 14.3 Å². The van der Waals surface area contributed by atoms with Gasteiger partial charge < -0.3 is 25.2 Å². The Kier molecular flexibility index (Phi) is 7.50. The number of nitrogens with one attached hydrogen (secondary N) is 1. The van der Waals surface area contributed by atoms with E-state index in [1.165, 1.54) is 14.0 Å². The molecule has 0 aliphatic heterocycles. The summed E-state index contributed by atoms with van der Waals surface area (Å²) < 4.78 is 4.45. The zero-order valence-electron chi connectivity index (χ0n) is 11.3. The van der Waals surface area contributed by atoms with Crippen molar-refractivity contribution in [1.82, 2.24) is 10.2 Å². The van der Waals surface area contributed by atoms with Gasteiger partial charge in [-0.15, -0.1) is 0 Å². The van der Waals surface area contributed by atoms with Crippen molar-refractivity contribution < 1.29 is 29.3 Å². The molecule has 110 valence electrons. The van der Waals surface area contributed by atoms with E-state index in [4.69, 9.17) is 5.11 Å². The lowest BCUT2D eigenvalue weighted by molar-refractivity contribution is -0.141. The van der Waals surface area contributed by atoms with Crippen molar-refractivity contribution in [1.29, 1.82) is 0 Å². The first-order chi connectivity index (χ1) is 8.83. The Morgan fingerprint density at radius 2 is 1.95 bits per heavy atom. The molecule has 0 aromatic carbocycles. The molecule has 0 fully saturated rings. The molecular formula is C11H20N2O6. The third kappa shape index (κ3) is 6.05. The number of aliphatic hydroxyl groups is 1. The molecule has 3 N–H and O–H groups in total. The minimum absolute atomic E-state index is 0.271. The fourth-order valence-corrected chi connectivity index (χ4v) is 1.36. The van der Waals surface area contributed by atoms with E-state index < -0.39 is 30.1 Å². The number of aliphatic carboxylic acids is 1. The van der Waals surface area contributed by atoms with Gasteiger partial charge >= 0.3 is 18.0 Å². The number of carbonyl (C=O) groups excluding carboxylic acids is 2. The largest absolute Gasteiger partial charge is 0.480 e. The number of aliphatic hydroxyl groups excluding tert-OH is 1. The van der Waals surface area contributed by atoms with Gasteiger partial charge in [-0.3, -0.25) is 4.79 Å². The molecule has 0 heterocycles. The summed E-state index contributed by atoms with van der Waals surface area (Å²) in [6.07, 6.45) is -0.653. The van der Waals surface area contributed by atoms with Crippen molar-refractivity contribution in [2.24, 2.45) is 0 Å². The van der Waals surface area contributed by atoms with Crippen molar-refractivity contribution in [2.75, 3.05) is 20.2 Å². The number of carboxylic acid groups (broad SMARTS) is 1. The summed E-state index contributed by atoms with van der Waals surface area (Å²) in [6.45, 7) is 3.06. The molecule has 8 nitrogen and oxygen atoms in total. The minimum Gasteiger partial charge on any atom is -0.480 e. The van der Waals surface area contributed by atoms with E-state index in [-0.39, 0.29) is 13.1 Å². The highest BCUT2D eigenvalue weighted by atomic mass is 16.5. The van der Waals surface area contributed by atoms with E-state index in [1.54, 1.807) is 6.92 Å². The SMILES string of the molecule is CCCN(CC(=O)OC)C(=O)NC(C(=O)O)C(C)O. The highest BCUT2D eigenvalue weighted by molar-refractivity contribution is 5.85. The maximum atomic E-state index is 11.8. The molecular weight excluding hydrogens is 256 g/mol. The van der Waals surface area contributed by atoms with Gasteiger partial charge in [0.1, 0.15) is 6.54 Å². The minimum atomic E-state index is -1.43. The highest BCUT2D eigenvalue weighted by Crippen LogP contribution is 1.99. The van der Waals surface area contributed by atoms with Gasteiger partial charge in [-0.1, -0.05) is 6.92 Å². The van der Waals surface area contributed by atoms with Crippen LogP contribution >= 0.6 is 0 Å². The van der Waals surface area contributed by atoms with Crippen LogP contribution in [0.1, 0.15) is 20.3 Å². The fraction of sp³-hybridized carbons (Fsp3) is 0.727. The molecule has 0 aliphatic rings. The Balaban J connectivity index is 4.70. The number of hydrogen-bond acceptors (Lipinski definition) is 5. The van der Waals surface area contributed by atoms with Gasteiger partial charge in [-0.2, -0.15) is 0 Å². The standard InChI is InChI=1S/C11H20N2O6/c1-4-5-13(6-8(15)19-3)11(18)12-9(7(2)14)10(16)17/h7,9,14H,4-6H2,1-3H3,(H,12,18)(H,16,17). The van der Waals surface area contributed by atoms with Gasteiger partial charge in [-0.05, 0) is 13.3 Å². The number of rotatable bonds is 7. The molecule has 0 aromatic rings. The number of hydrogen-bond donors (Lipinski definition) is 3. The van der Waals surface area contributed by atoms with Crippen LogP contribution in [-0.4, -0.2) is 65.4 Å². The van der Waals surface area contributed by atoms with Crippen LogP contribution in [0.4, 0.5) is 4.79 Å². The van der Waals surface area contributed by atoms with E-state index >= 15 is 0 Å². The quantitative estimate of drug-likeness (QED) is 0.535. The smallest absolute Gasteiger partial charge is 0.328 e. The first-order valence-electron chi connectivity index (χ1n) is 5.86. The molecule has 0 aliphatic carbocycles. The Hall–Kier alpha value is -1.83. The molecule has 19 heavy (non-hydrogen) atoms. The Bertz CT molecular complexity index is 331. The monoisotopic (exact) mass is 276 g/mol. The Labute approximate surface area is 111 Å². The number of amides is 2. The summed E-state index contributed by atoms with van der Waals surface area (Å²) in [4.78, 5) is 35.0. The van der Waals surface area contributed by atoms with Crippen LogP contribution in [0.3, 0.4) is 0 Å². The molecule has 2 unspecified atom stereocenters. The predicted molar refractivity (Wildman–Crippen MR) is 65.5 cm³/mol. The molecule has 8 heteroatoms. The van der Waals surface area contributed by atoms with Gasteiger partial charge in [0.05, 0.1) is 13.2 Å². The lowest BCUT2D eigenvalue weighted by Crippen LogP contribution is -2.53. The molecule has 0 bridgehead atoms. The van der Waals surface area contributed by atoms with Crippen LogP contribution in [0.2, 0.25) is 0 Å². The highest BCUT2D eigenvalue weighted by Gasteiger charge is 2.27. The molecule has 2 amide bonds. The number of methoxy groups -OCH3 is 1. The van der Waals surface area contributed by atoms with E-state index in [2.05, 4.69) is 10.1 Å². The molecule has 0 saturated heterocycles. The third-order valence-corrected chi connectivity index (χ3v) is 2.36. The van der Waals surface area contributed by atoms with Crippen LogP contribution < -0.4 is 5.32 Å². The summed E-state index contributed by atoms with van der Waals surface area (Å²) >= 11 is 0.